The summed E-state index contributed by atoms with van der Waals surface area (Å²) < 4.78 is 5.42. The number of anilines is 1. The highest BCUT2D eigenvalue weighted by molar-refractivity contribution is 5.95. The molecule has 2 amide bonds. The van der Waals surface area contributed by atoms with Crippen molar-refractivity contribution in [2.24, 2.45) is 5.73 Å². The Bertz CT molecular complexity index is 761. The molecule has 0 aliphatic carbocycles. The summed E-state index contributed by atoms with van der Waals surface area (Å²) in [6.45, 7) is 6.02. The van der Waals surface area contributed by atoms with Crippen LogP contribution < -0.4 is 20.7 Å². The standard InChI is InChI=1S/C20H25N3O3/c1-3-23(16-8-6-7-15(2)13-16)12-11-22-19(24)14-26-18-10-5-4-9-17(18)20(21)25/h4-10,13H,3,11-12,14H2,1-2H3,(H2,21,25)(H,22,24). The minimum Gasteiger partial charge on any atom is -0.483 e. The number of amides is 2. The molecule has 0 bridgehead atoms. The number of likely N-dealkylation sites (N-methyl/N-ethyl adjacent to an activating group) is 1. The smallest absolute Gasteiger partial charge is 0.258 e. The van der Waals surface area contributed by atoms with Gasteiger partial charge in [0.05, 0.1) is 5.56 Å². The van der Waals surface area contributed by atoms with E-state index in [0.717, 1.165) is 12.2 Å². The SMILES string of the molecule is CCN(CCNC(=O)COc1ccccc1C(N)=O)c1cccc(C)c1. The Hall–Kier alpha value is -3.02. The number of nitrogens with two attached hydrogens (primary N) is 1. The van der Waals surface area contributed by atoms with Crippen LogP contribution in [-0.2, 0) is 4.79 Å². The number of aryl methyl sites for hydroxylation is 1. The van der Waals surface area contributed by atoms with E-state index in [0.29, 0.717) is 18.8 Å². The molecule has 6 heteroatoms. The third-order valence-electron chi connectivity index (χ3n) is 3.96. The van der Waals surface area contributed by atoms with Crippen LogP contribution in [0, 0.1) is 6.92 Å². The zero-order valence-corrected chi connectivity index (χ0v) is 15.2. The molecule has 0 aliphatic rings. The van der Waals surface area contributed by atoms with Gasteiger partial charge in [-0.25, -0.2) is 0 Å². The summed E-state index contributed by atoms with van der Waals surface area (Å²) in [5, 5.41) is 2.83. The fourth-order valence-electron chi connectivity index (χ4n) is 2.62. The number of ether oxygens (including phenoxy) is 1. The molecule has 0 saturated heterocycles. The summed E-state index contributed by atoms with van der Waals surface area (Å²) in [6.07, 6.45) is 0. The lowest BCUT2D eigenvalue weighted by Gasteiger charge is -2.23. The van der Waals surface area contributed by atoms with Crippen molar-refractivity contribution in [2.45, 2.75) is 13.8 Å². The first kappa shape index (κ1) is 19.3. The Labute approximate surface area is 153 Å². The van der Waals surface area contributed by atoms with E-state index in [9.17, 15) is 9.59 Å². The summed E-state index contributed by atoms with van der Waals surface area (Å²) in [7, 11) is 0. The van der Waals surface area contributed by atoms with Gasteiger partial charge in [-0.15, -0.1) is 0 Å². The van der Waals surface area contributed by atoms with Gasteiger partial charge < -0.3 is 20.7 Å². The van der Waals surface area contributed by atoms with Gasteiger partial charge in [0.25, 0.3) is 11.8 Å². The molecule has 0 fully saturated rings. The van der Waals surface area contributed by atoms with E-state index in [4.69, 9.17) is 10.5 Å². The van der Waals surface area contributed by atoms with Crippen molar-refractivity contribution >= 4 is 17.5 Å². The Morgan fingerprint density at radius 1 is 1.15 bits per heavy atom. The minimum absolute atomic E-state index is 0.166. The van der Waals surface area contributed by atoms with Gasteiger partial charge in [0.2, 0.25) is 0 Å². The molecule has 2 aromatic carbocycles. The average Bonchev–Trinajstić information content (AvgIpc) is 2.63. The molecule has 2 rings (SSSR count). The van der Waals surface area contributed by atoms with E-state index in [1.54, 1.807) is 24.3 Å². The van der Waals surface area contributed by atoms with E-state index in [2.05, 4.69) is 42.3 Å². The molecular weight excluding hydrogens is 330 g/mol. The van der Waals surface area contributed by atoms with Crippen LogP contribution in [0.15, 0.2) is 48.5 Å². The second kappa shape index (κ2) is 9.46. The number of rotatable bonds is 9. The predicted molar refractivity (Wildman–Crippen MR) is 103 cm³/mol. The maximum atomic E-state index is 12.0. The van der Waals surface area contributed by atoms with Gasteiger partial charge in [-0.2, -0.15) is 0 Å². The lowest BCUT2D eigenvalue weighted by atomic mass is 10.2. The highest BCUT2D eigenvalue weighted by Crippen LogP contribution is 2.17. The average molecular weight is 355 g/mol. The Balaban J connectivity index is 1.81. The predicted octanol–water partition coefficient (Wildman–Crippen LogP) is 2.12. The van der Waals surface area contributed by atoms with Gasteiger partial charge in [0.1, 0.15) is 5.75 Å². The van der Waals surface area contributed by atoms with Crippen molar-refractivity contribution < 1.29 is 14.3 Å². The molecule has 0 unspecified atom stereocenters. The number of primary amides is 1. The summed E-state index contributed by atoms with van der Waals surface area (Å²) >= 11 is 0. The van der Waals surface area contributed by atoms with E-state index in [-0.39, 0.29) is 18.1 Å². The molecule has 6 nitrogen and oxygen atoms in total. The van der Waals surface area contributed by atoms with Crippen molar-refractivity contribution in [3.05, 3.63) is 59.7 Å². The summed E-state index contributed by atoms with van der Waals surface area (Å²) in [4.78, 5) is 25.5. The van der Waals surface area contributed by atoms with Crippen LogP contribution in [0.2, 0.25) is 0 Å². The van der Waals surface area contributed by atoms with Crippen LogP contribution in [-0.4, -0.2) is 38.1 Å². The topological polar surface area (TPSA) is 84.7 Å². The molecule has 0 aliphatic heterocycles. The maximum Gasteiger partial charge on any atom is 0.258 e. The normalized spacial score (nSPS) is 10.2. The molecule has 2 aromatic rings. The molecule has 0 radical (unpaired) electrons. The van der Waals surface area contributed by atoms with Crippen molar-refractivity contribution in [2.75, 3.05) is 31.1 Å². The van der Waals surface area contributed by atoms with E-state index in [1.807, 2.05) is 6.07 Å². The molecule has 0 saturated carbocycles. The van der Waals surface area contributed by atoms with Crippen LogP contribution in [0.3, 0.4) is 0 Å². The summed E-state index contributed by atoms with van der Waals surface area (Å²) in [5.74, 6) is -0.521. The first-order valence-corrected chi connectivity index (χ1v) is 8.61. The first-order valence-electron chi connectivity index (χ1n) is 8.61. The fraction of sp³-hybridized carbons (Fsp3) is 0.300. The summed E-state index contributed by atoms with van der Waals surface area (Å²) in [5.41, 5.74) is 7.88. The van der Waals surface area contributed by atoms with Gasteiger partial charge in [-0.05, 0) is 43.7 Å². The fourth-order valence-corrected chi connectivity index (χ4v) is 2.62. The zero-order chi connectivity index (χ0) is 18.9. The number of benzene rings is 2. The van der Waals surface area contributed by atoms with E-state index >= 15 is 0 Å². The van der Waals surface area contributed by atoms with Crippen LogP contribution in [0.1, 0.15) is 22.8 Å². The highest BCUT2D eigenvalue weighted by Gasteiger charge is 2.10. The molecule has 0 atom stereocenters. The number of nitrogens with one attached hydrogen (secondary N) is 1. The number of carbonyl (C=O) groups is 2. The molecule has 26 heavy (non-hydrogen) atoms. The molecule has 3 N–H and O–H groups in total. The molecule has 0 heterocycles. The monoisotopic (exact) mass is 355 g/mol. The highest BCUT2D eigenvalue weighted by atomic mass is 16.5. The molecule has 0 aromatic heterocycles. The number of carbonyl (C=O) groups excluding carboxylic acids is 2. The van der Waals surface area contributed by atoms with Crippen LogP contribution in [0.4, 0.5) is 5.69 Å². The Morgan fingerprint density at radius 3 is 2.62 bits per heavy atom. The van der Waals surface area contributed by atoms with Gasteiger partial charge in [-0.3, -0.25) is 9.59 Å². The van der Waals surface area contributed by atoms with E-state index < -0.39 is 5.91 Å². The van der Waals surface area contributed by atoms with Crippen molar-refractivity contribution in [1.82, 2.24) is 5.32 Å². The van der Waals surface area contributed by atoms with Crippen molar-refractivity contribution in [1.29, 1.82) is 0 Å². The van der Waals surface area contributed by atoms with Gasteiger partial charge in [0, 0.05) is 25.3 Å². The lowest BCUT2D eigenvalue weighted by molar-refractivity contribution is -0.123. The Kier molecular flexibility index (Phi) is 7.02. The van der Waals surface area contributed by atoms with Gasteiger partial charge >= 0.3 is 0 Å². The van der Waals surface area contributed by atoms with Crippen LogP contribution in [0.25, 0.3) is 0 Å². The van der Waals surface area contributed by atoms with Gasteiger partial charge in [0.15, 0.2) is 6.61 Å². The lowest BCUT2D eigenvalue weighted by Crippen LogP contribution is -2.37. The quantitative estimate of drug-likeness (QED) is 0.721. The number of hydrogen-bond acceptors (Lipinski definition) is 4. The second-order valence-corrected chi connectivity index (χ2v) is 5.92. The summed E-state index contributed by atoms with van der Waals surface area (Å²) in [6, 6.07) is 14.9. The first-order chi connectivity index (χ1) is 12.5. The molecule has 138 valence electrons. The maximum absolute atomic E-state index is 12.0. The van der Waals surface area contributed by atoms with Crippen LogP contribution in [0.5, 0.6) is 5.75 Å². The zero-order valence-electron chi connectivity index (χ0n) is 15.2. The van der Waals surface area contributed by atoms with Crippen LogP contribution >= 0.6 is 0 Å². The second-order valence-electron chi connectivity index (χ2n) is 5.92. The van der Waals surface area contributed by atoms with Crippen molar-refractivity contribution in [3.8, 4) is 5.75 Å². The molecule has 0 spiro atoms. The number of para-hydroxylation sites is 1. The minimum atomic E-state index is -0.585. The number of hydrogen-bond donors (Lipinski definition) is 2. The third-order valence-corrected chi connectivity index (χ3v) is 3.96. The van der Waals surface area contributed by atoms with Crippen molar-refractivity contribution in [3.63, 3.8) is 0 Å². The Morgan fingerprint density at radius 2 is 1.92 bits per heavy atom. The van der Waals surface area contributed by atoms with E-state index in [1.165, 1.54) is 5.56 Å². The third kappa shape index (κ3) is 5.51. The largest absolute Gasteiger partial charge is 0.483 e. The number of nitrogens with zero attached hydrogens (tertiary/aromatic N) is 1. The van der Waals surface area contributed by atoms with Gasteiger partial charge in [-0.1, -0.05) is 24.3 Å². The molecular formula is C20H25N3O3.